The lowest BCUT2D eigenvalue weighted by molar-refractivity contribution is 0.0996. The number of nitrogens with zero attached hydrogens (tertiary/aromatic N) is 6. The van der Waals surface area contributed by atoms with Crippen LogP contribution in [0.4, 0.5) is 17.5 Å². The molecule has 7 rings (SSSR count). The Labute approximate surface area is 231 Å². The summed E-state index contributed by atoms with van der Waals surface area (Å²) in [6, 6.07) is 8.00. The Morgan fingerprint density at radius 2 is 1.95 bits per heavy atom. The summed E-state index contributed by atoms with van der Waals surface area (Å²) in [5, 5.41) is 12.0. The Hall–Kier alpha value is -4.83. The molecule has 0 aliphatic carbocycles. The minimum Gasteiger partial charge on any atom is -0.359 e. The van der Waals surface area contributed by atoms with E-state index < -0.39 is 0 Å². The van der Waals surface area contributed by atoms with Gasteiger partial charge in [0.05, 0.1) is 29.0 Å². The third kappa shape index (κ3) is 3.95. The van der Waals surface area contributed by atoms with Crippen molar-refractivity contribution in [3.63, 3.8) is 0 Å². The van der Waals surface area contributed by atoms with Crippen LogP contribution in [-0.4, -0.2) is 48.7 Å². The number of anilines is 3. The SMILES string of the molecule is Cc1cnc(Nc2cc(C)n(C)n2)nc1-c1c[nH]c2c(N3Cc4c(cncc4C4=CCNCC4)C3=O)cccc12. The quantitative estimate of drug-likeness (QED) is 0.302. The molecule has 10 nitrogen and oxygen atoms in total. The summed E-state index contributed by atoms with van der Waals surface area (Å²) in [4.78, 5) is 32.7. The van der Waals surface area contributed by atoms with Crippen LogP contribution in [0.3, 0.4) is 0 Å². The molecule has 0 unspecified atom stereocenters. The van der Waals surface area contributed by atoms with E-state index in [1.165, 1.54) is 5.57 Å². The second kappa shape index (κ2) is 9.42. The number of aromatic nitrogens is 6. The summed E-state index contributed by atoms with van der Waals surface area (Å²) < 4.78 is 1.80. The maximum Gasteiger partial charge on any atom is 0.260 e. The van der Waals surface area contributed by atoms with Crippen LogP contribution >= 0.6 is 0 Å². The van der Waals surface area contributed by atoms with Gasteiger partial charge >= 0.3 is 0 Å². The average Bonchev–Trinajstić information content (AvgIpc) is 3.65. The number of H-pyrrole nitrogens is 1. The molecular formula is C30H29N9O. The highest BCUT2D eigenvalue weighted by Crippen LogP contribution is 2.39. The first-order valence-electron chi connectivity index (χ1n) is 13.4. The van der Waals surface area contributed by atoms with Gasteiger partial charge in [-0.1, -0.05) is 18.2 Å². The highest BCUT2D eigenvalue weighted by molar-refractivity contribution is 6.15. The van der Waals surface area contributed by atoms with E-state index >= 15 is 0 Å². The zero-order valence-electron chi connectivity index (χ0n) is 22.6. The van der Waals surface area contributed by atoms with Crippen LogP contribution < -0.4 is 15.5 Å². The van der Waals surface area contributed by atoms with E-state index in [1.807, 2.05) is 62.6 Å². The molecule has 4 aromatic heterocycles. The van der Waals surface area contributed by atoms with Crippen LogP contribution in [-0.2, 0) is 13.6 Å². The average molecular weight is 532 g/mol. The number of rotatable bonds is 5. The number of carbonyl (C=O) groups excluding carboxylic acids is 1. The lowest BCUT2D eigenvalue weighted by Crippen LogP contribution is -2.23. The van der Waals surface area contributed by atoms with Gasteiger partial charge in [-0.25, -0.2) is 9.97 Å². The van der Waals surface area contributed by atoms with Crippen LogP contribution in [0.5, 0.6) is 0 Å². The number of pyridine rings is 1. The standard InChI is InChI=1S/C30H29N9O/c1-17-12-34-30(35-26-11-18(2)38(3)37-26)36-27(17)22-15-33-28-20(22)5-4-6-25(28)39-16-24-21(19-7-9-31-10-8-19)13-32-14-23(24)29(39)40/h4-7,11-15,31,33H,8-10,16H2,1-3H3,(H,34,35,36,37). The zero-order chi connectivity index (χ0) is 27.4. The highest BCUT2D eigenvalue weighted by atomic mass is 16.2. The van der Waals surface area contributed by atoms with Crippen molar-refractivity contribution in [1.29, 1.82) is 0 Å². The van der Waals surface area contributed by atoms with Crippen LogP contribution in [0.25, 0.3) is 27.7 Å². The number of aryl methyl sites for hydroxylation is 3. The van der Waals surface area contributed by atoms with Crippen molar-refractivity contribution in [2.75, 3.05) is 23.3 Å². The smallest absolute Gasteiger partial charge is 0.260 e. The number of hydrogen-bond donors (Lipinski definition) is 3. The maximum absolute atomic E-state index is 13.7. The first-order chi connectivity index (χ1) is 19.5. The van der Waals surface area contributed by atoms with Gasteiger partial charge in [0, 0.05) is 66.7 Å². The zero-order valence-corrected chi connectivity index (χ0v) is 22.6. The van der Waals surface area contributed by atoms with Crippen LogP contribution in [0.1, 0.15) is 39.2 Å². The predicted molar refractivity (Wildman–Crippen MR) is 156 cm³/mol. The van der Waals surface area contributed by atoms with Crippen molar-refractivity contribution in [2.24, 2.45) is 7.05 Å². The van der Waals surface area contributed by atoms with Crippen molar-refractivity contribution in [1.82, 2.24) is 35.0 Å². The molecule has 0 saturated carbocycles. The van der Waals surface area contributed by atoms with Gasteiger partial charge in [0.25, 0.3) is 5.91 Å². The molecule has 0 radical (unpaired) electrons. The highest BCUT2D eigenvalue weighted by Gasteiger charge is 2.33. The van der Waals surface area contributed by atoms with Crippen molar-refractivity contribution < 1.29 is 4.79 Å². The molecule has 0 spiro atoms. The van der Waals surface area contributed by atoms with E-state index in [2.05, 4.69) is 42.8 Å². The van der Waals surface area contributed by atoms with Gasteiger partial charge in [0.2, 0.25) is 5.95 Å². The molecule has 2 aliphatic rings. The normalized spacial score (nSPS) is 15.0. The second-order valence-electron chi connectivity index (χ2n) is 10.3. The molecule has 2 aliphatic heterocycles. The summed E-state index contributed by atoms with van der Waals surface area (Å²) in [5.74, 6) is 1.14. The van der Waals surface area contributed by atoms with Crippen molar-refractivity contribution in [3.05, 3.63) is 83.1 Å². The second-order valence-corrected chi connectivity index (χ2v) is 10.3. The Kier molecular flexibility index (Phi) is 5.71. The van der Waals surface area contributed by atoms with Gasteiger partial charge in [0.1, 0.15) is 0 Å². The molecule has 40 heavy (non-hydrogen) atoms. The Bertz CT molecular complexity index is 1810. The van der Waals surface area contributed by atoms with E-state index in [0.29, 0.717) is 23.9 Å². The van der Waals surface area contributed by atoms with E-state index in [4.69, 9.17) is 4.98 Å². The summed E-state index contributed by atoms with van der Waals surface area (Å²) >= 11 is 0. The van der Waals surface area contributed by atoms with Gasteiger partial charge in [-0.3, -0.25) is 14.5 Å². The van der Waals surface area contributed by atoms with Gasteiger partial charge in [-0.2, -0.15) is 5.10 Å². The monoisotopic (exact) mass is 531 g/mol. The molecule has 0 fully saturated rings. The summed E-state index contributed by atoms with van der Waals surface area (Å²) in [5.41, 5.74) is 9.52. The number of aromatic amines is 1. The first kappa shape index (κ1) is 24.2. The van der Waals surface area contributed by atoms with E-state index in [-0.39, 0.29) is 5.91 Å². The molecule has 0 atom stereocenters. The van der Waals surface area contributed by atoms with Gasteiger partial charge < -0.3 is 20.5 Å². The van der Waals surface area contributed by atoms with Crippen molar-refractivity contribution in [2.45, 2.75) is 26.8 Å². The largest absolute Gasteiger partial charge is 0.359 e. The van der Waals surface area contributed by atoms with Gasteiger partial charge in [0.15, 0.2) is 5.82 Å². The van der Waals surface area contributed by atoms with Crippen LogP contribution in [0, 0.1) is 13.8 Å². The number of amides is 1. The lowest BCUT2D eigenvalue weighted by Gasteiger charge is -2.18. The Morgan fingerprint density at radius 1 is 1.07 bits per heavy atom. The molecule has 3 N–H and O–H groups in total. The molecule has 10 heteroatoms. The van der Waals surface area contributed by atoms with E-state index in [0.717, 1.165) is 69.7 Å². The van der Waals surface area contributed by atoms with Crippen LogP contribution in [0.15, 0.2) is 55.1 Å². The summed E-state index contributed by atoms with van der Waals surface area (Å²) in [6.45, 7) is 6.27. The minimum absolute atomic E-state index is 0.0297. The van der Waals surface area contributed by atoms with Crippen LogP contribution in [0.2, 0.25) is 0 Å². The number of hydrogen-bond acceptors (Lipinski definition) is 7. The van der Waals surface area contributed by atoms with Gasteiger partial charge in [-0.05, 0) is 49.6 Å². The third-order valence-electron chi connectivity index (χ3n) is 7.82. The molecule has 0 bridgehead atoms. The molecule has 5 aromatic rings. The minimum atomic E-state index is -0.0297. The van der Waals surface area contributed by atoms with Crippen molar-refractivity contribution in [3.8, 4) is 11.3 Å². The number of fused-ring (bicyclic) bond motifs is 2. The Morgan fingerprint density at radius 3 is 2.75 bits per heavy atom. The summed E-state index contributed by atoms with van der Waals surface area (Å²) in [7, 11) is 1.90. The topological polar surface area (TPSA) is 117 Å². The summed E-state index contributed by atoms with van der Waals surface area (Å²) in [6.07, 6.45) is 10.5. The number of nitrogens with one attached hydrogen (secondary N) is 3. The Balaban J connectivity index is 1.25. The number of carbonyl (C=O) groups is 1. The van der Waals surface area contributed by atoms with Gasteiger partial charge in [-0.15, -0.1) is 0 Å². The van der Waals surface area contributed by atoms with E-state index in [1.54, 1.807) is 10.9 Å². The fourth-order valence-corrected chi connectivity index (χ4v) is 5.63. The molecular weight excluding hydrogens is 502 g/mol. The predicted octanol–water partition coefficient (Wildman–Crippen LogP) is 4.65. The third-order valence-corrected chi connectivity index (χ3v) is 7.82. The fourth-order valence-electron chi connectivity index (χ4n) is 5.63. The molecule has 0 saturated heterocycles. The molecule has 6 heterocycles. The first-order valence-corrected chi connectivity index (χ1v) is 13.4. The number of benzene rings is 1. The lowest BCUT2D eigenvalue weighted by atomic mass is 9.96. The molecule has 200 valence electrons. The van der Waals surface area contributed by atoms with Crippen molar-refractivity contribution >= 4 is 39.8 Å². The maximum atomic E-state index is 13.7. The molecule has 1 aromatic carbocycles. The molecule has 1 amide bonds. The fraction of sp³-hybridized carbons (Fsp3) is 0.233. The number of para-hydroxylation sites is 1. The van der Waals surface area contributed by atoms with E-state index in [9.17, 15) is 4.79 Å².